The minimum Gasteiger partial charge on any atom is -0.507 e. The van der Waals surface area contributed by atoms with Crippen LogP contribution in [0.15, 0.2) is 72.4 Å². The third-order valence-electron chi connectivity index (χ3n) is 12.4. The Morgan fingerprint density at radius 1 is 0.938 bits per heavy atom. The minimum absolute atomic E-state index is 0.0849. The minimum atomic E-state index is -0.747. The molecule has 2 aromatic carbocycles. The lowest BCUT2D eigenvalue weighted by Gasteiger charge is -2.36. The molecule has 4 aromatic rings. The van der Waals surface area contributed by atoms with Crippen molar-refractivity contribution >= 4 is 40.6 Å². The van der Waals surface area contributed by atoms with Gasteiger partial charge in [-0.05, 0) is 67.3 Å². The first-order chi connectivity index (χ1) is 30.7. The normalized spacial score (nSPS) is 17.3. The number of phenolic OH excluding ortho intramolecular Hbond substituents is 1. The number of nitrogens with two attached hydrogens (primary N) is 1. The average Bonchev–Trinajstić information content (AvgIpc) is 3.89. The molecule has 0 aliphatic carbocycles. The number of anilines is 2. The van der Waals surface area contributed by atoms with Gasteiger partial charge in [0.2, 0.25) is 17.7 Å². The molecule has 15 heteroatoms. The highest BCUT2D eigenvalue weighted by Crippen LogP contribution is 2.33. The van der Waals surface area contributed by atoms with E-state index >= 15 is 0 Å². The number of unbranched alkanes of at least 4 members (excludes halogenated alkanes) is 6. The predicted molar refractivity (Wildman–Crippen MR) is 254 cm³/mol. The molecule has 4 heterocycles. The molecule has 2 fully saturated rings. The van der Waals surface area contributed by atoms with E-state index in [-0.39, 0.29) is 36.1 Å². The number of carbonyl (C=O) groups excluding carboxylic acids is 3. The number of aryl methyl sites for hydroxylation is 1. The van der Waals surface area contributed by atoms with Crippen LogP contribution in [-0.4, -0.2) is 91.9 Å². The summed E-state index contributed by atoms with van der Waals surface area (Å²) in [6, 6.07) is 16.2. The number of amides is 3. The Bertz CT molecular complexity index is 2200. The van der Waals surface area contributed by atoms with Crippen LogP contribution in [0.5, 0.6) is 5.75 Å². The third-order valence-corrected chi connectivity index (χ3v) is 13.3. The van der Waals surface area contributed by atoms with Crippen molar-refractivity contribution in [1.29, 1.82) is 0 Å². The number of hydrogen-bond donors (Lipinski definition) is 6. The number of aromatic hydroxyl groups is 1. The van der Waals surface area contributed by atoms with Gasteiger partial charge in [0.15, 0.2) is 5.82 Å². The standard InChI is InChI=1S/C49H67N9O5S/c1-32(51-29-34-19-21-35(22-20-34)45-33(2)52-31-64-45)40-27-37(59)30-58(40)48(63)46(49(3,4)5)54-44(62)18-12-10-8-6-7-9-11-17-43(61)53-36-23-25-57(26-24-36)41-28-39(55-56-47(41)50)38-15-13-14-16-42(38)60/h13-16,19-22,28,31,36-37,40,46,51,59-60H,1,6-12,17-18,23-27,29-30H2,2-5H3,(H2,50,56)(H,53,61)(H,54,62)/t37-,40+,46?/m0/s1. The fourth-order valence-corrected chi connectivity index (χ4v) is 9.42. The summed E-state index contributed by atoms with van der Waals surface area (Å²) in [5, 5.41) is 38.9. The van der Waals surface area contributed by atoms with Crippen molar-refractivity contribution in [3.05, 3.63) is 83.6 Å². The van der Waals surface area contributed by atoms with Gasteiger partial charge in [0, 0.05) is 62.7 Å². The van der Waals surface area contributed by atoms with E-state index in [1.807, 2.05) is 45.3 Å². The Kier molecular flexibility index (Phi) is 16.8. The molecular weight excluding hydrogens is 827 g/mol. The van der Waals surface area contributed by atoms with Gasteiger partial charge in [0.05, 0.1) is 39.6 Å². The molecule has 344 valence electrons. The Labute approximate surface area is 382 Å². The first kappa shape index (κ1) is 47.9. The van der Waals surface area contributed by atoms with Crippen molar-refractivity contribution in [3.8, 4) is 27.4 Å². The largest absolute Gasteiger partial charge is 0.507 e. The molecule has 6 rings (SSSR count). The quantitative estimate of drug-likeness (QED) is 0.0489. The van der Waals surface area contributed by atoms with Crippen LogP contribution in [0.4, 0.5) is 11.5 Å². The maximum Gasteiger partial charge on any atom is 0.246 e. The lowest BCUT2D eigenvalue weighted by atomic mass is 9.85. The number of aromatic nitrogens is 3. The van der Waals surface area contributed by atoms with Gasteiger partial charge >= 0.3 is 0 Å². The fourth-order valence-electron chi connectivity index (χ4n) is 8.61. The summed E-state index contributed by atoms with van der Waals surface area (Å²) in [7, 11) is 0. The Morgan fingerprint density at radius 3 is 2.23 bits per heavy atom. The predicted octanol–water partition coefficient (Wildman–Crippen LogP) is 7.26. The summed E-state index contributed by atoms with van der Waals surface area (Å²) in [5.74, 6) is 0.206. The van der Waals surface area contributed by atoms with E-state index < -0.39 is 23.6 Å². The van der Waals surface area contributed by atoms with E-state index in [0.29, 0.717) is 48.6 Å². The number of thiazole rings is 1. The Balaban J connectivity index is 0.840. The monoisotopic (exact) mass is 893 g/mol. The van der Waals surface area contributed by atoms with E-state index in [0.717, 1.165) is 98.3 Å². The van der Waals surface area contributed by atoms with Crippen LogP contribution >= 0.6 is 11.3 Å². The number of nitrogens with zero attached hydrogens (tertiary/aromatic N) is 5. The summed E-state index contributed by atoms with van der Waals surface area (Å²) in [6.07, 6.45) is 8.69. The molecule has 0 radical (unpaired) electrons. The molecule has 64 heavy (non-hydrogen) atoms. The van der Waals surface area contributed by atoms with Gasteiger partial charge in [-0.25, -0.2) is 4.98 Å². The van der Waals surface area contributed by atoms with Crippen molar-refractivity contribution in [2.75, 3.05) is 30.3 Å². The number of hydrogen-bond acceptors (Lipinski definition) is 12. The van der Waals surface area contributed by atoms with Gasteiger partial charge in [-0.3, -0.25) is 14.4 Å². The highest BCUT2D eigenvalue weighted by molar-refractivity contribution is 7.13. The van der Waals surface area contributed by atoms with E-state index in [9.17, 15) is 24.6 Å². The van der Waals surface area contributed by atoms with Crippen molar-refractivity contribution < 1.29 is 24.6 Å². The molecule has 3 atom stereocenters. The second-order valence-electron chi connectivity index (χ2n) is 18.4. The van der Waals surface area contributed by atoms with Crippen molar-refractivity contribution in [3.63, 3.8) is 0 Å². The average molecular weight is 894 g/mol. The van der Waals surface area contributed by atoms with Gasteiger partial charge in [-0.1, -0.05) is 95.9 Å². The van der Waals surface area contributed by atoms with E-state index in [1.54, 1.807) is 34.4 Å². The van der Waals surface area contributed by atoms with Gasteiger partial charge in [0.25, 0.3) is 0 Å². The number of phenols is 1. The van der Waals surface area contributed by atoms with Crippen LogP contribution in [0, 0.1) is 12.3 Å². The number of β-amino-alcohol motifs (C(OH)–C–C–N with tert-alkyl or cyclic N) is 1. The molecule has 0 bridgehead atoms. The summed E-state index contributed by atoms with van der Waals surface area (Å²) in [5.41, 5.74) is 13.3. The van der Waals surface area contributed by atoms with Crippen LogP contribution in [0.3, 0.4) is 0 Å². The van der Waals surface area contributed by atoms with Gasteiger partial charge < -0.3 is 41.7 Å². The number of para-hydroxylation sites is 1. The number of aliphatic hydroxyl groups is 1. The summed E-state index contributed by atoms with van der Waals surface area (Å²) in [6.45, 7) is 14.3. The van der Waals surface area contributed by atoms with E-state index in [2.05, 4.69) is 66.9 Å². The summed E-state index contributed by atoms with van der Waals surface area (Å²) >= 11 is 1.62. The maximum absolute atomic E-state index is 14.1. The van der Waals surface area contributed by atoms with Crippen LogP contribution in [0.2, 0.25) is 0 Å². The molecule has 3 amide bonds. The van der Waals surface area contributed by atoms with Gasteiger partial charge in [0.1, 0.15) is 11.8 Å². The summed E-state index contributed by atoms with van der Waals surface area (Å²) in [4.78, 5) is 49.4. The molecule has 2 aromatic heterocycles. The Morgan fingerprint density at radius 2 is 1.59 bits per heavy atom. The number of nitrogens with one attached hydrogen (secondary N) is 3. The zero-order valence-corrected chi connectivity index (χ0v) is 38.8. The molecule has 0 spiro atoms. The second-order valence-corrected chi connectivity index (χ2v) is 19.3. The number of piperidine rings is 1. The van der Waals surface area contributed by atoms with Crippen LogP contribution in [0.1, 0.15) is 109 Å². The zero-order chi connectivity index (χ0) is 45.8. The van der Waals surface area contributed by atoms with E-state index in [4.69, 9.17) is 5.73 Å². The molecule has 7 N–H and O–H groups in total. The third kappa shape index (κ3) is 13.0. The summed E-state index contributed by atoms with van der Waals surface area (Å²) < 4.78 is 0. The van der Waals surface area contributed by atoms with Crippen LogP contribution in [0.25, 0.3) is 21.7 Å². The number of rotatable bonds is 20. The molecule has 14 nitrogen and oxygen atoms in total. The van der Waals surface area contributed by atoms with Gasteiger partial charge in [-0.2, -0.15) is 0 Å². The number of benzene rings is 2. The molecule has 1 unspecified atom stereocenters. The van der Waals surface area contributed by atoms with Crippen LogP contribution < -0.4 is 26.6 Å². The van der Waals surface area contributed by atoms with Crippen LogP contribution in [-0.2, 0) is 20.9 Å². The smallest absolute Gasteiger partial charge is 0.246 e. The molecule has 2 aliphatic heterocycles. The number of nitrogen functional groups attached to an aromatic ring is 1. The first-order valence-electron chi connectivity index (χ1n) is 22.8. The highest BCUT2D eigenvalue weighted by atomic mass is 32.1. The van der Waals surface area contributed by atoms with Crippen molar-refractivity contribution in [2.45, 2.75) is 136 Å². The SMILES string of the molecule is C=C(NCc1ccc(-c2scnc2C)cc1)[C@H]1C[C@H](O)CN1C(=O)C(NC(=O)CCCCCCCCCC(=O)NC1CCN(c2cc(-c3ccccc3O)nnc2N)CC1)C(C)(C)C. The molecule has 2 aliphatic rings. The zero-order valence-electron chi connectivity index (χ0n) is 37.9. The molecule has 0 saturated carbocycles. The molecule has 2 saturated heterocycles. The fraction of sp³-hybridized carbons (Fsp3) is 0.510. The van der Waals surface area contributed by atoms with Crippen molar-refractivity contribution in [1.82, 2.24) is 36.0 Å². The first-order valence-corrected chi connectivity index (χ1v) is 23.7. The molecular formula is C49H67N9O5S. The van der Waals surface area contributed by atoms with Crippen molar-refractivity contribution in [2.24, 2.45) is 5.41 Å². The lowest BCUT2D eigenvalue weighted by Crippen LogP contribution is -2.56. The number of aliphatic hydroxyl groups excluding tert-OH is 1. The second kappa shape index (κ2) is 22.4. The highest BCUT2D eigenvalue weighted by Gasteiger charge is 2.43. The number of likely N-dealkylation sites (tertiary alicyclic amines) is 1. The van der Waals surface area contributed by atoms with Gasteiger partial charge in [-0.15, -0.1) is 21.5 Å². The van der Waals surface area contributed by atoms with E-state index in [1.165, 1.54) is 0 Å². The topological polar surface area (TPSA) is 199 Å². The maximum atomic E-state index is 14.1. The lowest BCUT2D eigenvalue weighted by molar-refractivity contribution is -0.140. The Hall–Kier alpha value is -5.54. The number of carbonyl (C=O) groups is 3.